The van der Waals surface area contributed by atoms with Crippen LogP contribution >= 0.6 is 0 Å². The molecule has 16 heavy (non-hydrogen) atoms. The zero-order valence-electron chi connectivity index (χ0n) is 10.0. The molecule has 94 valence electrons. The number of oxime groups is 1. The predicted molar refractivity (Wildman–Crippen MR) is 62.7 cm³/mol. The Balaban J connectivity index is 2.26. The SMILES string of the molecule is CC(CN1CCOCC1)NC(C)C(N)=NO. The van der Waals surface area contributed by atoms with Crippen LogP contribution in [-0.4, -0.2) is 60.9 Å². The van der Waals surface area contributed by atoms with Crippen LogP contribution in [0.4, 0.5) is 0 Å². The topological polar surface area (TPSA) is 83.1 Å². The molecule has 0 bridgehead atoms. The molecule has 1 rings (SSSR count). The van der Waals surface area contributed by atoms with E-state index in [0.717, 1.165) is 32.8 Å². The number of morpholine rings is 1. The fraction of sp³-hybridized carbons (Fsp3) is 0.900. The van der Waals surface area contributed by atoms with Crippen LogP contribution in [0.2, 0.25) is 0 Å². The number of ether oxygens (including phenoxy) is 1. The van der Waals surface area contributed by atoms with Crippen LogP contribution in [0.25, 0.3) is 0 Å². The van der Waals surface area contributed by atoms with Gasteiger partial charge in [-0.15, -0.1) is 0 Å². The molecule has 2 atom stereocenters. The summed E-state index contributed by atoms with van der Waals surface area (Å²) in [7, 11) is 0. The number of nitrogens with one attached hydrogen (secondary N) is 1. The molecule has 1 fully saturated rings. The van der Waals surface area contributed by atoms with Crippen molar-refractivity contribution in [3.8, 4) is 0 Å². The van der Waals surface area contributed by atoms with Gasteiger partial charge in [0.1, 0.15) is 0 Å². The van der Waals surface area contributed by atoms with E-state index in [4.69, 9.17) is 15.7 Å². The summed E-state index contributed by atoms with van der Waals surface area (Å²) < 4.78 is 5.28. The second-order valence-electron chi connectivity index (χ2n) is 4.23. The third kappa shape index (κ3) is 4.34. The van der Waals surface area contributed by atoms with Crippen LogP contribution in [0.3, 0.4) is 0 Å². The van der Waals surface area contributed by atoms with Gasteiger partial charge in [0.25, 0.3) is 0 Å². The fourth-order valence-electron chi connectivity index (χ4n) is 1.82. The Morgan fingerprint density at radius 3 is 2.69 bits per heavy atom. The molecule has 0 aromatic carbocycles. The Morgan fingerprint density at radius 2 is 2.12 bits per heavy atom. The molecule has 0 aliphatic carbocycles. The summed E-state index contributed by atoms with van der Waals surface area (Å²) in [6, 6.07) is 0.189. The van der Waals surface area contributed by atoms with Crippen molar-refractivity contribution in [3.05, 3.63) is 0 Å². The summed E-state index contributed by atoms with van der Waals surface area (Å²) in [5.41, 5.74) is 5.50. The molecule has 2 unspecified atom stereocenters. The number of rotatable bonds is 5. The first kappa shape index (κ1) is 13.2. The maximum Gasteiger partial charge on any atom is 0.156 e. The summed E-state index contributed by atoms with van der Waals surface area (Å²) in [6.07, 6.45) is 0. The number of hydrogen-bond acceptors (Lipinski definition) is 5. The highest BCUT2D eigenvalue weighted by atomic mass is 16.5. The average Bonchev–Trinajstić information content (AvgIpc) is 2.29. The average molecular weight is 230 g/mol. The van der Waals surface area contributed by atoms with Gasteiger partial charge in [-0.25, -0.2) is 0 Å². The van der Waals surface area contributed by atoms with Crippen molar-refractivity contribution in [1.82, 2.24) is 10.2 Å². The molecule has 0 radical (unpaired) electrons. The Hall–Kier alpha value is -0.850. The molecule has 0 aromatic heterocycles. The molecular weight excluding hydrogens is 208 g/mol. The van der Waals surface area contributed by atoms with Gasteiger partial charge in [-0.2, -0.15) is 0 Å². The van der Waals surface area contributed by atoms with Crippen molar-refractivity contribution in [2.75, 3.05) is 32.8 Å². The van der Waals surface area contributed by atoms with Crippen LogP contribution in [0.5, 0.6) is 0 Å². The molecule has 0 spiro atoms. The van der Waals surface area contributed by atoms with E-state index in [1.165, 1.54) is 0 Å². The van der Waals surface area contributed by atoms with E-state index in [9.17, 15) is 0 Å². The zero-order valence-corrected chi connectivity index (χ0v) is 10.0. The summed E-state index contributed by atoms with van der Waals surface area (Å²) in [5, 5.41) is 14.8. The van der Waals surface area contributed by atoms with Crippen LogP contribution < -0.4 is 11.1 Å². The first-order valence-corrected chi connectivity index (χ1v) is 5.67. The Morgan fingerprint density at radius 1 is 1.50 bits per heavy atom. The van der Waals surface area contributed by atoms with Crippen molar-refractivity contribution in [2.45, 2.75) is 25.9 Å². The van der Waals surface area contributed by atoms with Gasteiger partial charge in [-0.3, -0.25) is 4.90 Å². The van der Waals surface area contributed by atoms with Crippen molar-refractivity contribution in [2.24, 2.45) is 10.9 Å². The van der Waals surface area contributed by atoms with Gasteiger partial charge in [0, 0.05) is 25.7 Å². The van der Waals surface area contributed by atoms with Gasteiger partial charge in [-0.05, 0) is 13.8 Å². The van der Waals surface area contributed by atoms with E-state index in [1.54, 1.807) is 0 Å². The van der Waals surface area contributed by atoms with E-state index < -0.39 is 0 Å². The molecule has 0 amide bonds. The molecule has 0 aromatic rings. The monoisotopic (exact) mass is 230 g/mol. The maximum atomic E-state index is 8.54. The summed E-state index contributed by atoms with van der Waals surface area (Å²) in [5.74, 6) is 0.217. The van der Waals surface area contributed by atoms with E-state index in [2.05, 4.69) is 22.3 Å². The van der Waals surface area contributed by atoms with Crippen molar-refractivity contribution in [1.29, 1.82) is 0 Å². The highest BCUT2D eigenvalue weighted by molar-refractivity contribution is 5.84. The van der Waals surface area contributed by atoms with Crippen LogP contribution in [0.15, 0.2) is 5.16 Å². The number of amidine groups is 1. The molecule has 0 saturated carbocycles. The molecule has 1 aliphatic rings. The summed E-state index contributed by atoms with van der Waals surface area (Å²) in [6.45, 7) is 8.49. The third-order valence-corrected chi connectivity index (χ3v) is 2.73. The Labute approximate surface area is 96.4 Å². The highest BCUT2D eigenvalue weighted by Gasteiger charge is 2.16. The van der Waals surface area contributed by atoms with E-state index >= 15 is 0 Å². The quantitative estimate of drug-likeness (QED) is 0.255. The van der Waals surface area contributed by atoms with Crippen LogP contribution in [0, 0.1) is 0 Å². The van der Waals surface area contributed by atoms with Gasteiger partial charge in [0.15, 0.2) is 5.84 Å². The van der Waals surface area contributed by atoms with Gasteiger partial charge >= 0.3 is 0 Å². The Kier molecular flexibility index (Phi) is 5.51. The normalized spacial score (nSPS) is 23.0. The molecule has 1 heterocycles. The lowest BCUT2D eigenvalue weighted by Gasteiger charge is -2.30. The largest absolute Gasteiger partial charge is 0.409 e. The lowest BCUT2D eigenvalue weighted by atomic mass is 10.2. The van der Waals surface area contributed by atoms with Crippen LogP contribution in [-0.2, 0) is 4.74 Å². The maximum absolute atomic E-state index is 8.54. The van der Waals surface area contributed by atoms with Gasteiger partial charge in [0.2, 0.25) is 0 Å². The van der Waals surface area contributed by atoms with Gasteiger partial charge < -0.3 is 21.0 Å². The molecule has 6 nitrogen and oxygen atoms in total. The standard InChI is InChI=1S/C10H22N4O2/c1-8(12-9(2)10(11)13-15)7-14-3-5-16-6-4-14/h8-9,12,15H,3-7H2,1-2H3,(H2,11,13). The fourth-order valence-corrected chi connectivity index (χ4v) is 1.82. The number of nitrogens with zero attached hydrogens (tertiary/aromatic N) is 2. The zero-order chi connectivity index (χ0) is 12.0. The first-order valence-electron chi connectivity index (χ1n) is 5.67. The molecule has 6 heteroatoms. The minimum absolute atomic E-state index is 0.110. The molecular formula is C10H22N4O2. The van der Waals surface area contributed by atoms with E-state index in [1.807, 2.05) is 6.92 Å². The lowest BCUT2D eigenvalue weighted by molar-refractivity contribution is 0.0342. The predicted octanol–water partition coefficient (Wildman–Crippen LogP) is -0.568. The molecule has 1 aliphatic heterocycles. The number of hydrogen-bond donors (Lipinski definition) is 3. The van der Waals surface area contributed by atoms with Crippen molar-refractivity contribution in [3.63, 3.8) is 0 Å². The number of nitrogens with two attached hydrogens (primary N) is 1. The van der Waals surface area contributed by atoms with Crippen LogP contribution in [0.1, 0.15) is 13.8 Å². The van der Waals surface area contributed by atoms with Crippen molar-refractivity contribution < 1.29 is 9.94 Å². The third-order valence-electron chi connectivity index (χ3n) is 2.73. The molecule has 1 saturated heterocycles. The van der Waals surface area contributed by atoms with Crippen molar-refractivity contribution >= 4 is 5.84 Å². The van der Waals surface area contributed by atoms with Gasteiger partial charge in [-0.1, -0.05) is 5.16 Å². The van der Waals surface area contributed by atoms with Gasteiger partial charge in [0.05, 0.1) is 19.3 Å². The first-order chi connectivity index (χ1) is 7.63. The lowest BCUT2D eigenvalue weighted by Crippen LogP contribution is -2.49. The van der Waals surface area contributed by atoms with E-state index in [0.29, 0.717) is 6.04 Å². The minimum atomic E-state index is -0.110. The smallest absolute Gasteiger partial charge is 0.156 e. The Bertz CT molecular complexity index is 229. The molecule has 4 N–H and O–H groups in total. The minimum Gasteiger partial charge on any atom is -0.409 e. The highest BCUT2D eigenvalue weighted by Crippen LogP contribution is 1.99. The summed E-state index contributed by atoms with van der Waals surface area (Å²) >= 11 is 0. The second-order valence-corrected chi connectivity index (χ2v) is 4.23. The van der Waals surface area contributed by atoms with E-state index in [-0.39, 0.29) is 11.9 Å². The second kappa shape index (κ2) is 6.67. The summed E-state index contributed by atoms with van der Waals surface area (Å²) in [4.78, 5) is 2.35.